The molecule has 1 unspecified atom stereocenters. The van der Waals surface area contributed by atoms with Crippen LogP contribution in [0.15, 0.2) is 43.0 Å². The molecule has 1 N–H and O–H groups in total. The summed E-state index contributed by atoms with van der Waals surface area (Å²) in [5.41, 5.74) is 1.02. The van der Waals surface area contributed by atoms with Crippen LogP contribution in [0.1, 0.15) is 37.7 Å². The Morgan fingerprint density at radius 3 is 2.71 bits per heavy atom. The summed E-state index contributed by atoms with van der Waals surface area (Å²) in [5, 5.41) is 10.5. The third kappa shape index (κ3) is 1.42. The van der Waals surface area contributed by atoms with Gasteiger partial charge in [0.1, 0.15) is 0 Å². The molecule has 0 amide bonds. The molecule has 2 fully saturated rings. The average Bonchev–Trinajstić information content (AvgIpc) is 2.38. The van der Waals surface area contributed by atoms with Gasteiger partial charge in [-0.25, -0.2) is 0 Å². The maximum atomic E-state index is 10.5. The quantitative estimate of drug-likeness (QED) is 0.769. The Morgan fingerprint density at radius 2 is 2.00 bits per heavy atom. The molecule has 1 aromatic carbocycles. The first-order chi connectivity index (χ1) is 8.21. The van der Waals surface area contributed by atoms with E-state index in [0.717, 1.165) is 12.8 Å². The Bertz CT molecular complexity index is 424. The fourth-order valence-corrected chi connectivity index (χ4v) is 4.11. The van der Waals surface area contributed by atoms with E-state index < -0.39 is 5.60 Å². The van der Waals surface area contributed by atoms with Crippen molar-refractivity contribution in [2.45, 2.75) is 43.1 Å². The molecular weight excluding hydrogens is 208 g/mol. The van der Waals surface area contributed by atoms with Gasteiger partial charge in [-0.1, -0.05) is 49.2 Å². The molecule has 3 rings (SSSR count). The summed E-state index contributed by atoms with van der Waals surface area (Å²) < 4.78 is 0. The minimum absolute atomic E-state index is 0.225. The van der Waals surface area contributed by atoms with Crippen LogP contribution >= 0.6 is 0 Å². The van der Waals surface area contributed by atoms with E-state index in [9.17, 15) is 5.11 Å². The summed E-state index contributed by atoms with van der Waals surface area (Å²) in [7, 11) is 0. The highest BCUT2D eigenvalue weighted by atomic mass is 16.3. The molecular formula is C16H20O. The van der Waals surface area contributed by atoms with E-state index in [1.165, 1.54) is 24.8 Å². The molecule has 2 aliphatic carbocycles. The van der Waals surface area contributed by atoms with E-state index in [2.05, 4.69) is 36.9 Å². The van der Waals surface area contributed by atoms with Crippen molar-refractivity contribution in [2.24, 2.45) is 5.92 Å². The third-order valence-electron chi connectivity index (χ3n) is 4.94. The maximum Gasteiger partial charge on any atom is 0.0870 e. The molecule has 1 nitrogen and oxygen atoms in total. The molecule has 1 heteroatoms. The minimum Gasteiger partial charge on any atom is -0.385 e. The fourth-order valence-electron chi connectivity index (χ4n) is 4.11. The Balaban J connectivity index is 1.99. The second-order valence-corrected chi connectivity index (χ2v) is 5.69. The van der Waals surface area contributed by atoms with Crippen LogP contribution in [0.2, 0.25) is 0 Å². The van der Waals surface area contributed by atoms with E-state index in [1.54, 1.807) is 6.08 Å². The van der Waals surface area contributed by atoms with E-state index in [4.69, 9.17) is 0 Å². The van der Waals surface area contributed by atoms with Gasteiger partial charge >= 0.3 is 0 Å². The predicted molar refractivity (Wildman–Crippen MR) is 69.8 cm³/mol. The monoisotopic (exact) mass is 228 g/mol. The van der Waals surface area contributed by atoms with Gasteiger partial charge in [-0.05, 0) is 24.8 Å². The summed E-state index contributed by atoms with van der Waals surface area (Å²) in [6.45, 7) is 3.82. The van der Waals surface area contributed by atoms with Gasteiger partial charge in [-0.15, -0.1) is 6.58 Å². The number of hydrogen-bond donors (Lipinski definition) is 1. The molecule has 1 aromatic rings. The molecule has 2 saturated carbocycles. The number of rotatable bonds is 2. The Hall–Kier alpha value is -1.08. The largest absolute Gasteiger partial charge is 0.385 e. The molecule has 2 aliphatic rings. The Labute approximate surface area is 103 Å². The van der Waals surface area contributed by atoms with Crippen LogP contribution in [0, 0.1) is 5.92 Å². The first kappa shape index (κ1) is 11.0. The van der Waals surface area contributed by atoms with Crippen molar-refractivity contribution in [1.29, 1.82) is 0 Å². The molecule has 17 heavy (non-hydrogen) atoms. The zero-order valence-electron chi connectivity index (χ0n) is 10.2. The lowest BCUT2D eigenvalue weighted by atomic mass is 9.44. The average molecular weight is 228 g/mol. The maximum absolute atomic E-state index is 10.5. The molecule has 90 valence electrons. The normalized spacial score (nSPS) is 40.2. The van der Waals surface area contributed by atoms with Crippen molar-refractivity contribution >= 4 is 0 Å². The van der Waals surface area contributed by atoms with Crippen LogP contribution in [-0.2, 0) is 5.41 Å². The van der Waals surface area contributed by atoms with Crippen LogP contribution < -0.4 is 0 Å². The predicted octanol–water partition coefficient (Wildman–Crippen LogP) is 3.44. The highest BCUT2D eigenvalue weighted by Gasteiger charge is 2.62. The smallest absolute Gasteiger partial charge is 0.0870 e. The second-order valence-electron chi connectivity index (χ2n) is 5.69. The van der Waals surface area contributed by atoms with Crippen molar-refractivity contribution < 1.29 is 5.11 Å². The van der Waals surface area contributed by atoms with Gasteiger partial charge in [-0.2, -0.15) is 0 Å². The second kappa shape index (κ2) is 3.71. The molecule has 0 heterocycles. The molecule has 0 saturated heterocycles. The summed E-state index contributed by atoms with van der Waals surface area (Å²) in [4.78, 5) is 0. The van der Waals surface area contributed by atoms with Gasteiger partial charge in [0, 0.05) is 11.3 Å². The van der Waals surface area contributed by atoms with Crippen molar-refractivity contribution in [3.63, 3.8) is 0 Å². The van der Waals surface area contributed by atoms with Crippen molar-refractivity contribution in [2.75, 3.05) is 0 Å². The summed E-state index contributed by atoms with van der Waals surface area (Å²) >= 11 is 0. The molecule has 0 aromatic heterocycles. The molecule has 3 atom stereocenters. The van der Waals surface area contributed by atoms with Gasteiger partial charge < -0.3 is 5.11 Å². The van der Waals surface area contributed by atoms with Crippen molar-refractivity contribution in [1.82, 2.24) is 0 Å². The Kier molecular flexibility index (Phi) is 2.41. The first-order valence-electron chi connectivity index (χ1n) is 6.63. The van der Waals surface area contributed by atoms with Crippen LogP contribution in [0.25, 0.3) is 0 Å². The standard InChI is InChI=1S/C16H20O/c1-2-16(17)12-15(11-7-6-10-14(15)16)13-8-4-3-5-9-13/h2-5,8-9,14,17H,1,6-7,10-12H2/t14-,15-,16?/m0/s1. The van der Waals surface area contributed by atoms with Crippen molar-refractivity contribution in [3.8, 4) is 0 Å². The number of benzene rings is 1. The number of fused-ring (bicyclic) bond motifs is 1. The number of hydrogen-bond acceptors (Lipinski definition) is 1. The van der Waals surface area contributed by atoms with E-state index in [-0.39, 0.29) is 5.41 Å². The molecule has 0 spiro atoms. The van der Waals surface area contributed by atoms with E-state index in [1.807, 2.05) is 0 Å². The van der Waals surface area contributed by atoms with Crippen LogP contribution in [0.3, 0.4) is 0 Å². The zero-order chi connectivity index (χ0) is 11.9. The Morgan fingerprint density at radius 1 is 1.24 bits per heavy atom. The fraction of sp³-hybridized carbons (Fsp3) is 0.500. The summed E-state index contributed by atoms with van der Waals surface area (Å²) in [5.74, 6) is 0.378. The van der Waals surface area contributed by atoms with Crippen LogP contribution in [0.4, 0.5) is 0 Å². The van der Waals surface area contributed by atoms with Gasteiger partial charge in [0.2, 0.25) is 0 Å². The van der Waals surface area contributed by atoms with Gasteiger partial charge in [0.25, 0.3) is 0 Å². The van der Waals surface area contributed by atoms with Gasteiger partial charge in [0.15, 0.2) is 0 Å². The highest BCUT2D eigenvalue weighted by Crippen LogP contribution is 2.62. The van der Waals surface area contributed by atoms with Crippen LogP contribution in [-0.4, -0.2) is 10.7 Å². The lowest BCUT2D eigenvalue weighted by Gasteiger charge is -2.62. The SMILES string of the molecule is C=CC1(O)C[C@]2(c3ccccc3)CCCC[C@H]12. The lowest BCUT2D eigenvalue weighted by molar-refractivity contribution is -0.140. The number of aliphatic hydroxyl groups is 1. The molecule has 0 bridgehead atoms. The summed E-state index contributed by atoms with van der Waals surface area (Å²) in [6.07, 6.45) is 7.52. The first-order valence-corrected chi connectivity index (χ1v) is 6.63. The lowest BCUT2D eigenvalue weighted by Crippen LogP contribution is -2.64. The topological polar surface area (TPSA) is 20.2 Å². The molecule has 0 aliphatic heterocycles. The third-order valence-corrected chi connectivity index (χ3v) is 4.94. The van der Waals surface area contributed by atoms with E-state index >= 15 is 0 Å². The van der Waals surface area contributed by atoms with Gasteiger partial charge in [-0.3, -0.25) is 0 Å². The van der Waals surface area contributed by atoms with Gasteiger partial charge in [0.05, 0.1) is 5.60 Å². The van der Waals surface area contributed by atoms with Crippen LogP contribution in [0.5, 0.6) is 0 Å². The minimum atomic E-state index is -0.615. The van der Waals surface area contributed by atoms with Crippen molar-refractivity contribution in [3.05, 3.63) is 48.6 Å². The molecule has 0 radical (unpaired) electrons. The highest BCUT2D eigenvalue weighted by molar-refractivity contribution is 5.36. The summed E-state index contributed by atoms with van der Waals surface area (Å²) in [6, 6.07) is 10.7. The van der Waals surface area contributed by atoms with E-state index in [0.29, 0.717) is 5.92 Å². The zero-order valence-corrected chi connectivity index (χ0v) is 10.2.